The van der Waals surface area contributed by atoms with Gasteiger partial charge in [-0.2, -0.15) is 13.2 Å². The number of nitrogens with two attached hydrogens (primary N) is 1. The van der Waals surface area contributed by atoms with Crippen LogP contribution in [-0.4, -0.2) is 10.8 Å². The molecular formula is C14H12F3N3O. The fraction of sp³-hybridized carbons (Fsp3) is 0.143. The van der Waals surface area contributed by atoms with Gasteiger partial charge in [-0.1, -0.05) is 30.3 Å². The van der Waals surface area contributed by atoms with Gasteiger partial charge < -0.3 is 10.5 Å². The Kier molecular flexibility index (Phi) is 4.11. The van der Waals surface area contributed by atoms with Crippen molar-refractivity contribution in [2.75, 3.05) is 0 Å². The number of ether oxygens (including phenoxy) is 1. The molecule has 0 spiro atoms. The zero-order chi connectivity index (χ0) is 15.5. The van der Waals surface area contributed by atoms with Gasteiger partial charge in [0.1, 0.15) is 18.1 Å². The van der Waals surface area contributed by atoms with E-state index in [1.807, 2.05) is 6.07 Å². The van der Waals surface area contributed by atoms with E-state index in [0.29, 0.717) is 0 Å². The van der Waals surface area contributed by atoms with E-state index < -0.39 is 17.7 Å². The van der Waals surface area contributed by atoms with Gasteiger partial charge in [-0.25, -0.2) is 4.98 Å². The van der Waals surface area contributed by atoms with E-state index in [2.05, 4.69) is 4.98 Å². The number of benzene rings is 1. The van der Waals surface area contributed by atoms with Crippen LogP contribution in [0.2, 0.25) is 0 Å². The monoisotopic (exact) mass is 295 g/mol. The average molecular weight is 295 g/mol. The van der Waals surface area contributed by atoms with Crippen LogP contribution in [0.4, 0.5) is 13.2 Å². The molecule has 0 aliphatic carbocycles. The quantitative estimate of drug-likeness (QED) is 0.673. The molecule has 0 saturated carbocycles. The van der Waals surface area contributed by atoms with Gasteiger partial charge in [0.15, 0.2) is 0 Å². The second kappa shape index (κ2) is 5.82. The molecule has 3 N–H and O–H groups in total. The SMILES string of the molecule is N=C(N)c1ccc(C(F)(F)F)nc1OCc1ccccc1. The second-order valence-corrected chi connectivity index (χ2v) is 4.23. The topological polar surface area (TPSA) is 72.0 Å². The maximum atomic E-state index is 12.7. The molecule has 0 saturated heterocycles. The highest BCUT2D eigenvalue weighted by Gasteiger charge is 2.33. The van der Waals surface area contributed by atoms with Crippen LogP contribution < -0.4 is 10.5 Å². The highest BCUT2D eigenvalue weighted by Crippen LogP contribution is 2.30. The number of nitrogen functional groups attached to an aromatic ring is 1. The zero-order valence-electron chi connectivity index (χ0n) is 10.8. The third-order valence-corrected chi connectivity index (χ3v) is 2.66. The number of nitrogens with zero attached hydrogens (tertiary/aromatic N) is 1. The van der Waals surface area contributed by atoms with E-state index in [1.165, 1.54) is 0 Å². The number of pyridine rings is 1. The molecule has 1 aromatic heterocycles. The molecule has 2 rings (SSSR count). The number of alkyl halides is 3. The summed E-state index contributed by atoms with van der Waals surface area (Å²) in [6.45, 7) is 0.0371. The lowest BCUT2D eigenvalue weighted by Crippen LogP contribution is -2.17. The molecule has 0 fully saturated rings. The fourth-order valence-corrected chi connectivity index (χ4v) is 1.64. The van der Waals surface area contributed by atoms with Crippen molar-refractivity contribution in [3.8, 4) is 5.88 Å². The van der Waals surface area contributed by atoms with Crippen LogP contribution in [0, 0.1) is 5.41 Å². The van der Waals surface area contributed by atoms with E-state index in [-0.39, 0.29) is 18.1 Å². The molecule has 1 aromatic carbocycles. The van der Waals surface area contributed by atoms with E-state index >= 15 is 0 Å². The van der Waals surface area contributed by atoms with Crippen LogP contribution >= 0.6 is 0 Å². The molecule has 2 aromatic rings. The number of hydrogen-bond acceptors (Lipinski definition) is 3. The minimum absolute atomic E-state index is 0.0268. The molecule has 0 amide bonds. The van der Waals surface area contributed by atoms with Crippen molar-refractivity contribution >= 4 is 5.84 Å². The average Bonchev–Trinajstić information content (AvgIpc) is 2.45. The number of amidine groups is 1. The van der Waals surface area contributed by atoms with Crippen LogP contribution in [0.3, 0.4) is 0 Å². The summed E-state index contributed by atoms with van der Waals surface area (Å²) in [6, 6.07) is 10.8. The lowest BCUT2D eigenvalue weighted by Gasteiger charge is -2.12. The summed E-state index contributed by atoms with van der Waals surface area (Å²) in [7, 11) is 0. The highest BCUT2D eigenvalue weighted by atomic mass is 19.4. The predicted molar refractivity (Wildman–Crippen MR) is 71.0 cm³/mol. The third-order valence-electron chi connectivity index (χ3n) is 2.66. The number of rotatable bonds is 4. The van der Waals surface area contributed by atoms with Gasteiger partial charge >= 0.3 is 6.18 Å². The lowest BCUT2D eigenvalue weighted by molar-refractivity contribution is -0.141. The van der Waals surface area contributed by atoms with E-state index in [9.17, 15) is 13.2 Å². The van der Waals surface area contributed by atoms with Gasteiger partial charge in [-0.05, 0) is 17.7 Å². The normalized spacial score (nSPS) is 11.2. The molecule has 4 nitrogen and oxygen atoms in total. The fourth-order valence-electron chi connectivity index (χ4n) is 1.64. The number of halogens is 3. The Balaban J connectivity index is 2.29. The van der Waals surface area contributed by atoms with Crippen molar-refractivity contribution in [2.24, 2.45) is 5.73 Å². The molecule has 7 heteroatoms. The van der Waals surface area contributed by atoms with Crippen LogP contribution in [0.15, 0.2) is 42.5 Å². The van der Waals surface area contributed by atoms with Gasteiger partial charge in [0.2, 0.25) is 5.88 Å². The number of aromatic nitrogens is 1. The molecule has 0 unspecified atom stereocenters. The van der Waals surface area contributed by atoms with Gasteiger partial charge in [0, 0.05) is 0 Å². The first-order valence-corrected chi connectivity index (χ1v) is 5.97. The molecule has 110 valence electrons. The summed E-state index contributed by atoms with van der Waals surface area (Å²) >= 11 is 0. The van der Waals surface area contributed by atoms with Gasteiger partial charge in [0.25, 0.3) is 0 Å². The Hall–Kier alpha value is -2.57. The zero-order valence-corrected chi connectivity index (χ0v) is 10.8. The van der Waals surface area contributed by atoms with Crippen LogP contribution in [-0.2, 0) is 12.8 Å². The van der Waals surface area contributed by atoms with Crippen LogP contribution in [0.5, 0.6) is 5.88 Å². The molecule has 21 heavy (non-hydrogen) atoms. The lowest BCUT2D eigenvalue weighted by atomic mass is 10.2. The van der Waals surface area contributed by atoms with Crippen molar-refractivity contribution in [1.29, 1.82) is 5.41 Å². The highest BCUT2D eigenvalue weighted by molar-refractivity contribution is 5.97. The summed E-state index contributed by atoms with van der Waals surface area (Å²) in [5.41, 5.74) is 5.03. The van der Waals surface area contributed by atoms with Crippen LogP contribution in [0.1, 0.15) is 16.8 Å². The first-order valence-electron chi connectivity index (χ1n) is 5.97. The smallest absolute Gasteiger partial charge is 0.433 e. The number of hydrogen-bond donors (Lipinski definition) is 2. The standard InChI is InChI=1S/C14H12F3N3O/c15-14(16,17)11-7-6-10(12(18)19)13(20-11)21-8-9-4-2-1-3-5-9/h1-7H,8H2,(H3,18,19). The summed E-state index contributed by atoms with van der Waals surface area (Å²) in [6.07, 6.45) is -4.58. The van der Waals surface area contributed by atoms with Crippen LogP contribution in [0.25, 0.3) is 0 Å². The molecule has 0 aliphatic heterocycles. The molecule has 1 heterocycles. The summed E-state index contributed by atoms with van der Waals surface area (Å²) in [5, 5.41) is 7.36. The Morgan fingerprint density at radius 2 is 1.81 bits per heavy atom. The van der Waals surface area contributed by atoms with Gasteiger partial charge in [-0.15, -0.1) is 0 Å². The maximum Gasteiger partial charge on any atom is 0.433 e. The second-order valence-electron chi connectivity index (χ2n) is 4.23. The van der Waals surface area contributed by atoms with E-state index in [4.69, 9.17) is 15.9 Å². The summed E-state index contributed by atoms with van der Waals surface area (Å²) in [4.78, 5) is 3.41. The van der Waals surface area contributed by atoms with Gasteiger partial charge in [-0.3, -0.25) is 5.41 Å². The minimum Gasteiger partial charge on any atom is -0.472 e. The van der Waals surface area contributed by atoms with E-state index in [1.54, 1.807) is 24.3 Å². The predicted octanol–water partition coefficient (Wildman–Crippen LogP) is 2.96. The minimum atomic E-state index is -4.58. The van der Waals surface area contributed by atoms with Crippen molar-refractivity contribution < 1.29 is 17.9 Å². The van der Waals surface area contributed by atoms with Crippen molar-refractivity contribution in [2.45, 2.75) is 12.8 Å². The Morgan fingerprint density at radius 1 is 1.14 bits per heavy atom. The molecule has 0 bridgehead atoms. The molecule has 0 aliphatic rings. The summed E-state index contributed by atoms with van der Waals surface area (Å²) in [5.74, 6) is -0.708. The van der Waals surface area contributed by atoms with Crippen molar-refractivity contribution in [1.82, 2.24) is 4.98 Å². The Labute approximate surface area is 118 Å². The van der Waals surface area contributed by atoms with Crippen molar-refractivity contribution in [3.05, 3.63) is 59.3 Å². The molecule has 0 atom stereocenters. The Bertz CT molecular complexity index is 642. The molecular weight excluding hydrogens is 283 g/mol. The first-order chi connectivity index (χ1) is 9.88. The Morgan fingerprint density at radius 3 is 2.38 bits per heavy atom. The van der Waals surface area contributed by atoms with Gasteiger partial charge in [0.05, 0.1) is 5.56 Å². The molecule has 0 radical (unpaired) electrons. The van der Waals surface area contributed by atoms with Crippen molar-refractivity contribution in [3.63, 3.8) is 0 Å². The largest absolute Gasteiger partial charge is 0.472 e. The van der Waals surface area contributed by atoms with E-state index in [0.717, 1.165) is 17.7 Å². The summed E-state index contributed by atoms with van der Waals surface area (Å²) < 4.78 is 43.3. The first kappa shape index (κ1) is 14.8. The number of nitrogens with one attached hydrogen (secondary N) is 1. The third kappa shape index (κ3) is 3.71. The maximum absolute atomic E-state index is 12.7.